The molecule has 164 valence electrons. The third-order valence-corrected chi connectivity index (χ3v) is 6.38. The zero-order valence-corrected chi connectivity index (χ0v) is 18.8. The molecule has 0 atom stereocenters. The number of piperidine rings is 1. The van der Waals surface area contributed by atoms with Gasteiger partial charge in [0.15, 0.2) is 0 Å². The van der Waals surface area contributed by atoms with E-state index in [9.17, 15) is 0 Å². The lowest BCUT2D eigenvalue weighted by Crippen LogP contribution is -2.41. The molecule has 2 aromatic rings. The Bertz CT molecular complexity index is 739. The van der Waals surface area contributed by atoms with E-state index < -0.39 is 0 Å². The van der Waals surface area contributed by atoms with Gasteiger partial charge in [-0.3, -0.25) is 0 Å². The molecule has 1 fully saturated rings. The Balaban J connectivity index is 1.63. The topological polar surface area (TPSA) is 60.4 Å². The predicted molar refractivity (Wildman–Crippen MR) is 120 cm³/mol. The molecule has 1 aliphatic heterocycles. The molecule has 1 aromatic carbocycles. The van der Waals surface area contributed by atoms with Crippen molar-refractivity contribution in [3.8, 4) is 12.0 Å². The predicted octanol–water partition coefficient (Wildman–Crippen LogP) is 5.08. The summed E-state index contributed by atoms with van der Waals surface area (Å²) in [4.78, 5) is 15.3. The van der Waals surface area contributed by atoms with Gasteiger partial charge in [0.1, 0.15) is 0 Å². The van der Waals surface area contributed by atoms with Crippen molar-refractivity contribution in [2.24, 2.45) is 5.41 Å². The lowest BCUT2D eigenvalue weighted by atomic mass is 9.71. The first-order valence-corrected chi connectivity index (χ1v) is 11.3. The molecule has 0 bridgehead atoms. The van der Waals surface area contributed by atoms with Crippen LogP contribution in [-0.4, -0.2) is 42.3 Å². The highest BCUT2D eigenvalue weighted by Crippen LogP contribution is 2.42. The van der Waals surface area contributed by atoms with Crippen LogP contribution in [0.1, 0.15) is 63.9 Å². The van der Waals surface area contributed by atoms with Crippen LogP contribution in [0.3, 0.4) is 0 Å². The molecule has 1 saturated heterocycles. The molecule has 30 heavy (non-hydrogen) atoms. The van der Waals surface area contributed by atoms with Gasteiger partial charge in [0.25, 0.3) is 0 Å². The number of aryl methyl sites for hydroxylation is 1. The van der Waals surface area contributed by atoms with Gasteiger partial charge < -0.3 is 14.4 Å². The first kappa shape index (κ1) is 22.3. The summed E-state index contributed by atoms with van der Waals surface area (Å²) in [5, 5.41) is 0. The number of unbranched alkanes of at least 4 members (excludes halogenated alkanes) is 2. The van der Waals surface area contributed by atoms with Gasteiger partial charge in [0.05, 0.1) is 14.2 Å². The normalized spacial score (nSPS) is 15.8. The average molecular weight is 413 g/mol. The highest BCUT2D eigenvalue weighted by molar-refractivity contribution is 5.33. The van der Waals surface area contributed by atoms with Gasteiger partial charge in [-0.1, -0.05) is 56.5 Å². The maximum Gasteiger partial charge on any atom is 0.324 e. The fourth-order valence-corrected chi connectivity index (χ4v) is 4.52. The first-order chi connectivity index (χ1) is 14.7. The molecule has 6 nitrogen and oxygen atoms in total. The Hall–Kier alpha value is -2.37. The smallest absolute Gasteiger partial charge is 0.324 e. The second-order valence-electron chi connectivity index (χ2n) is 8.39. The Morgan fingerprint density at radius 2 is 1.50 bits per heavy atom. The highest BCUT2D eigenvalue weighted by atomic mass is 16.5. The zero-order chi connectivity index (χ0) is 21.2. The van der Waals surface area contributed by atoms with E-state index in [1.54, 1.807) is 14.2 Å². The van der Waals surface area contributed by atoms with Crippen molar-refractivity contribution in [1.29, 1.82) is 0 Å². The Morgan fingerprint density at radius 1 is 0.867 bits per heavy atom. The molecule has 3 rings (SSSR count). The van der Waals surface area contributed by atoms with E-state index in [-0.39, 0.29) is 0 Å². The van der Waals surface area contributed by atoms with Crippen molar-refractivity contribution >= 4 is 5.95 Å². The molecule has 0 amide bonds. The molecule has 0 N–H and O–H groups in total. The first-order valence-electron chi connectivity index (χ1n) is 11.3. The molecule has 0 aliphatic carbocycles. The van der Waals surface area contributed by atoms with E-state index in [0.29, 0.717) is 23.4 Å². The van der Waals surface area contributed by atoms with Gasteiger partial charge >= 0.3 is 12.0 Å². The number of benzene rings is 1. The molecular weight excluding hydrogens is 376 g/mol. The van der Waals surface area contributed by atoms with E-state index >= 15 is 0 Å². The maximum absolute atomic E-state index is 5.22. The highest BCUT2D eigenvalue weighted by Gasteiger charge is 2.34. The number of anilines is 1. The summed E-state index contributed by atoms with van der Waals surface area (Å²) in [6, 6.07) is 11.5. The van der Waals surface area contributed by atoms with Crippen LogP contribution in [0.2, 0.25) is 0 Å². The third-order valence-electron chi connectivity index (χ3n) is 6.38. The van der Waals surface area contributed by atoms with Crippen molar-refractivity contribution in [1.82, 2.24) is 15.0 Å². The minimum atomic E-state index is 0.305. The third kappa shape index (κ3) is 6.07. The average Bonchev–Trinajstić information content (AvgIpc) is 2.80. The number of nitrogens with zero attached hydrogens (tertiary/aromatic N) is 4. The fraction of sp³-hybridized carbons (Fsp3) is 0.625. The van der Waals surface area contributed by atoms with Gasteiger partial charge in [-0.25, -0.2) is 0 Å². The fourth-order valence-electron chi connectivity index (χ4n) is 4.52. The lowest BCUT2D eigenvalue weighted by molar-refractivity contribution is 0.170. The van der Waals surface area contributed by atoms with Crippen LogP contribution >= 0.6 is 0 Å². The van der Waals surface area contributed by atoms with Crippen molar-refractivity contribution in [3.05, 3.63) is 35.9 Å². The monoisotopic (exact) mass is 412 g/mol. The minimum Gasteiger partial charge on any atom is -0.467 e. The summed E-state index contributed by atoms with van der Waals surface area (Å²) >= 11 is 0. The van der Waals surface area contributed by atoms with Crippen LogP contribution in [0.25, 0.3) is 0 Å². The van der Waals surface area contributed by atoms with E-state index in [2.05, 4.69) is 57.1 Å². The quantitative estimate of drug-likeness (QED) is 0.480. The molecule has 1 aliphatic rings. The van der Waals surface area contributed by atoms with Crippen LogP contribution in [-0.2, 0) is 6.42 Å². The van der Waals surface area contributed by atoms with Crippen molar-refractivity contribution in [2.75, 3.05) is 32.2 Å². The number of hydrogen-bond acceptors (Lipinski definition) is 6. The lowest BCUT2D eigenvalue weighted by Gasteiger charge is -2.42. The standard InChI is InChI=1S/C24H36N4O2/c1-4-5-9-14-24(15-10-13-20-11-7-6-8-12-20)16-18-28(19-17-24)21-25-22(29-2)27-23(26-21)30-3/h6-8,11-12H,4-5,9-10,13-19H2,1-3H3. The summed E-state index contributed by atoms with van der Waals surface area (Å²) in [7, 11) is 3.14. The SMILES string of the molecule is CCCCCC1(CCCc2ccccc2)CCN(c2nc(OC)nc(OC)n2)CC1. The molecular formula is C24H36N4O2. The summed E-state index contributed by atoms with van der Waals surface area (Å²) < 4.78 is 10.4. The van der Waals surface area contributed by atoms with E-state index in [1.165, 1.54) is 63.4 Å². The van der Waals surface area contributed by atoms with Crippen LogP contribution in [0, 0.1) is 5.41 Å². The Morgan fingerprint density at radius 3 is 2.10 bits per heavy atom. The minimum absolute atomic E-state index is 0.305. The summed E-state index contributed by atoms with van der Waals surface area (Å²) in [6.45, 7) is 4.22. The van der Waals surface area contributed by atoms with Crippen LogP contribution in [0.4, 0.5) is 5.95 Å². The maximum atomic E-state index is 5.22. The van der Waals surface area contributed by atoms with E-state index in [1.807, 2.05) is 0 Å². The van der Waals surface area contributed by atoms with Crippen LogP contribution in [0.15, 0.2) is 30.3 Å². The van der Waals surface area contributed by atoms with E-state index in [0.717, 1.165) is 13.1 Å². The Labute approximate surface area is 181 Å². The van der Waals surface area contributed by atoms with Crippen LogP contribution in [0.5, 0.6) is 12.0 Å². The number of aromatic nitrogens is 3. The number of rotatable bonds is 11. The molecule has 1 aromatic heterocycles. The van der Waals surface area contributed by atoms with Gasteiger partial charge in [-0.15, -0.1) is 4.98 Å². The zero-order valence-electron chi connectivity index (χ0n) is 18.8. The molecule has 0 saturated carbocycles. The van der Waals surface area contributed by atoms with Gasteiger partial charge in [0.2, 0.25) is 5.95 Å². The molecule has 0 unspecified atom stereocenters. The summed E-state index contributed by atoms with van der Waals surface area (Å²) in [6.07, 6.45) is 11.3. The molecule has 0 radical (unpaired) electrons. The van der Waals surface area contributed by atoms with Crippen molar-refractivity contribution < 1.29 is 9.47 Å². The van der Waals surface area contributed by atoms with E-state index in [4.69, 9.17) is 9.47 Å². The van der Waals surface area contributed by atoms with Gasteiger partial charge in [-0.05, 0) is 49.5 Å². The number of ether oxygens (including phenoxy) is 2. The second kappa shape index (κ2) is 11.1. The molecule has 6 heteroatoms. The number of methoxy groups -OCH3 is 2. The van der Waals surface area contributed by atoms with Gasteiger partial charge in [0, 0.05) is 13.1 Å². The molecule has 0 spiro atoms. The number of hydrogen-bond donors (Lipinski definition) is 0. The van der Waals surface area contributed by atoms with Crippen LogP contribution < -0.4 is 14.4 Å². The largest absolute Gasteiger partial charge is 0.467 e. The summed E-state index contributed by atoms with van der Waals surface area (Å²) in [5.41, 5.74) is 1.88. The molecule has 2 heterocycles. The van der Waals surface area contributed by atoms with Crippen molar-refractivity contribution in [2.45, 2.75) is 64.7 Å². The summed E-state index contributed by atoms with van der Waals surface area (Å²) in [5.74, 6) is 0.658. The van der Waals surface area contributed by atoms with Crippen molar-refractivity contribution in [3.63, 3.8) is 0 Å². The van der Waals surface area contributed by atoms with Gasteiger partial charge in [-0.2, -0.15) is 9.97 Å². The second-order valence-corrected chi connectivity index (χ2v) is 8.39. The Kier molecular flexibility index (Phi) is 8.29.